The van der Waals surface area contributed by atoms with Crippen LogP contribution in [0.4, 0.5) is 5.82 Å². The number of allylic oxidation sites excluding steroid dienone is 4. The number of benzene rings is 1. The van der Waals surface area contributed by atoms with Gasteiger partial charge in [0.2, 0.25) is 5.91 Å². The lowest BCUT2D eigenvalue weighted by Gasteiger charge is -2.16. The van der Waals surface area contributed by atoms with Gasteiger partial charge in [0.05, 0.1) is 11.3 Å². The SMILES string of the molecule is Cc1ccc(O)c(C)c1C1=C(N)C(C(N)=O)=CCC(c2ccnc(N)c2)=C1. The van der Waals surface area contributed by atoms with Gasteiger partial charge >= 0.3 is 0 Å². The molecule has 6 heteroatoms. The fourth-order valence-electron chi connectivity index (χ4n) is 3.32. The third kappa shape index (κ3) is 3.42. The van der Waals surface area contributed by atoms with Gasteiger partial charge in [-0.15, -0.1) is 0 Å². The van der Waals surface area contributed by atoms with E-state index >= 15 is 0 Å². The first-order valence-electron chi connectivity index (χ1n) is 8.51. The van der Waals surface area contributed by atoms with Gasteiger partial charge < -0.3 is 22.3 Å². The number of nitrogens with zero attached hydrogens (tertiary/aromatic N) is 1. The number of primary amides is 1. The normalized spacial score (nSPS) is 14.4. The molecule has 7 N–H and O–H groups in total. The van der Waals surface area contributed by atoms with Gasteiger partial charge in [-0.2, -0.15) is 0 Å². The van der Waals surface area contributed by atoms with Crippen LogP contribution in [0.1, 0.15) is 28.7 Å². The Labute approximate surface area is 157 Å². The Morgan fingerprint density at radius 1 is 1.19 bits per heavy atom. The summed E-state index contributed by atoms with van der Waals surface area (Å²) in [6.07, 6.45) is 5.74. The van der Waals surface area contributed by atoms with Crippen molar-refractivity contribution in [1.29, 1.82) is 0 Å². The Balaban J connectivity index is 2.30. The zero-order chi connectivity index (χ0) is 19.7. The molecule has 1 aliphatic rings. The molecule has 1 aromatic heterocycles. The first-order valence-corrected chi connectivity index (χ1v) is 8.51. The molecule has 1 amide bonds. The van der Waals surface area contributed by atoms with E-state index in [2.05, 4.69) is 4.98 Å². The fraction of sp³-hybridized carbons (Fsp3) is 0.143. The first-order chi connectivity index (χ1) is 12.8. The number of carbonyl (C=O) groups excluding carboxylic acids is 1. The highest BCUT2D eigenvalue weighted by atomic mass is 16.3. The van der Waals surface area contributed by atoms with Gasteiger partial charge in [-0.1, -0.05) is 12.1 Å². The summed E-state index contributed by atoms with van der Waals surface area (Å²) in [7, 11) is 0. The highest BCUT2D eigenvalue weighted by molar-refractivity contribution is 6.03. The van der Waals surface area contributed by atoms with Crippen LogP contribution in [0.2, 0.25) is 0 Å². The van der Waals surface area contributed by atoms with E-state index in [0.29, 0.717) is 23.4 Å². The average Bonchev–Trinajstić information content (AvgIpc) is 2.78. The van der Waals surface area contributed by atoms with Crippen LogP contribution in [0.3, 0.4) is 0 Å². The molecular formula is C21H22N4O2. The van der Waals surface area contributed by atoms with Crippen LogP contribution < -0.4 is 17.2 Å². The third-order valence-corrected chi connectivity index (χ3v) is 4.76. The Kier molecular flexibility index (Phi) is 4.73. The topological polar surface area (TPSA) is 128 Å². The molecule has 0 spiro atoms. The van der Waals surface area contributed by atoms with Crippen LogP contribution in [0.25, 0.3) is 11.1 Å². The van der Waals surface area contributed by atoms with E-state index in [-0.39, 0.29) is 17.0 Å². The predicted octanol–water partition coefficient (Wildman–Crippen LogP) is 2.56. The van der Waals surface area contributed by atoms with E-state index < -0.39 is 5.91 Å². The number of pyridine rings is 1. The summed E-state index contributed by atoms with van der Waals surface area (Å²) in [4.78, 5) is 16.0. The van der Waals surface area contributed by atoms with E-state index in [1.54, 1.807) is 24.4 Å². The standard InChI is InChI=1S/C21H22N4O2/c1-11-3-6-17(26)12(2)19(11)16-9-13(14-7-8-25-18(22)10-14)4-5-15(20(16)23)21(24)27/h3,5-10,26H,4,23H2,1-2H3,(H2,22,25)(H2,24,27). The maximum Gasteiger partial charge on any atom is 0.250 e. The first kappa shape index (κ1) is 18.3. The number of aromatic hydroxyl groups is 1. The third-order valence-electron chi connectivity index (χ3n) is 4.76. The molecule has 1 aromatic carbocycles. The lowest BCUT2D eigenvalue weighted by atomic mass is 9.90. The Morgan fingerprint density at radius 2 is 1.93 bits per heavy atom. The molecule has 0 fully saturated rings. The van der Waals surface area contributed by atoms with Gasteiger partial charge in [-0.3, -0.25) is 4.79 Å². The number of hydrogen-bond acceptors (Lipinski definition) is 5. The number of aryl methyl sites for hydroxylation is 1. The summed E-state index contributed by atoms with van der Waals surface area (Å²) in [6.45, 7) is 3.74. The number of carbonyl (C=O) groups is 1. The molecule has 0 radical (unpaired) electrons. The zero-order valence-electron chi connectivity index (χ0n) is 15.3. The summed E-state index contributed by atoms with van der Waals surface area (Å²) >= 11 is 0. The van der Waals surface area contributed by atoms with Crippen molar-refractivity contribution in [1.82, 2.24) is 4.98 Å². The van der Waals surface area contributed by atoms with Crippen molar-refractivity contribution in [3.05, 3.63) is 76.1 Å². The molecule has 6 nitrogen and oxygen atoms in total. The van der Waals surface area contributed by atoms with Crippen LogP contribution in [-0.2, 0) is 4.79 Å². The molecule has 1 aliphatic carbocycles. The molecule has 138 valence electrons. The van der Waals surface area contributed by atoms with Gasteiger partial charge in [-0.05, 0) is 72.4 Å². The Hall–Kier alpha value is -3.54. The molecule has 2 aromatic rings. The molecule has 0 saturated heterocycles. The van der Waals surface area contributed by atoms with Gasteiger partial charge in [0.15, 0.2) is 0 Å². The molecule has 0 aliphatic heterocycles. The second-order valence-corrected chi connectivity index (χ2v) is 6.55. The molecule has 0 bridgehead atoms. The second-order valence-electron chi connectivity index (χ2n) is 6.55. The number of hydrogen-bond donors (Lipinski definition) is 4. The van der Waals surface area contributed by atoms with Crippen LogP contribution in [0.15, 0.2) is 53.9 Å². The zero-order valence-corrected chi connectivity index (χ0v) is 15.3. The van der Waals surface area contributed by atoms with Crippen molar-refractivity contribution in [2.45, 2.75) is 20.3 Å². The van der Waals surface area contributed by atoms with E-state index in [9.17, 15) is 9.90 Å². The lowest BCUT2D eigenvalue weighted by molar-refractivity contribution is -0.114. The van der Waals surface area contributed by atoms with Crippen molar-refractivity contribution in [2.75, 3.05) is 5.73 Å². The van der Waals surface area contributed by atoms with Crippen molar-refractivity contribution < 1.29 is 9.90 Å². The molecule has 0 saturated carbocycles. The van der Waals surface area contributed by atoms with Gasteiger partial charge in [0.25, 0.3) is 0 Å². The van der Waals surface area contributed by atoms with E-state index in [0.717, 1.165) is 22.3 Å². The molecule has 3 rings (SSSR count). The number of amides is 1. The summed E-state index contributed by atoms with van der Waals surface area (Å²) in [5.74, 6) is -0.0304. The van der Waals surface area contributed by atoms with Gasteiger partial charge in [0.1, 0.15) is 11.6 Å². The summed E-state index contributed by atoms with van der Waals surface area (Å²) in [6, 6.07) is 7.07. The van der Waals surface area contributed by atoms with Crippen molar-refractivity contribution in [3.63, 3.8) is 0 Å². The molecule has 0 unspecified atom stereocenters. The monoisotopic (exact) mass is 362 g/mol. The number of nitrogens with two attached hydrogens (primary N) is 3. The number of anilines is 1. The number of nitrogen functional groups attached to an aromatic ring is 1. The Morgan fingerprint density at radius 3 is 2.59 bits per heavy atom. The van der Waals surface area contributed by atoms with E-state index in [1.807, 2.05) is 32.1 Å². The van der Waals surface area contributed by atoms with Crippen LogP contribution in [-0.4, -0.2) is 16.0 Å². The van der Waals surface area contributed by atoms with Gasteiger partial charge in [0, 0.05) is 11.8 Å². The predicted molar refractivity (Wildman–Crippen MR) is 107 cm³/mol. The summed E-state index contributed by atoms with van der Waals surface area (Å²) in [5.41, 5.74) is 23.1. The van der Waals surface area contributed by atoms with Crippen molar-refractivity contribution >= 4 is 22.9 Å². The Bertz CT molecular complexity index is 1030. The van der Waals surface area contributed by atoms with E-state index in [4.69, 9.17) is 17.2 Å². The molecule has 0 atom stereocenters. The lowest BCUT2D eigenvalue weighted by Crippen LogP contribution is -2.20. The quantitative estimate of drug-likeness (QED) is 0.667. The van der Waals surface area contributed by atoms with Gasteiger partial charge in [-0.25, -0.2) is 4.98 Å². The number of phenols is 1. The minimum Gasteiger partial charge on any atom is -0.508 e. The molecule has 1 heterocycles. The number of rotatable bonds is 3. The molecular weight excluding hydrogens is 340 g/mol. The van der Waals surface area contributed by atoms with Crippen LogP contribution >= 0.6 is 0 Å². The van der Waals surface area contributed by atoms with Crippen molar-refractivity contribution in [3.8, 4) is 5.75 Å². The fourth-order valence-corrected chi connectivity index (χ4v) is 3.32. The maximum absolute atomic E-state index is 12.0. The summed E-state index contributed by atoms with van der Waals surface area (Å²) < 4.78 is 0. The highest BCUT2D eigenvalue weighted by Crippen LogP contribution is 2.37. The number of phenolic OH excluding ortho intramolecular Hbond substituents is 1. The second kappa shape index (κ2) is 6.99. The smallest absolute Gasteiger partial charge is 0.250 e. The maximum atomic E-state index is 12.0. The van der Waals surface area contributed by atoms with Crippen LogP contribution in [0, 0.1) is 13.8 Å². The summed E-state index contributed by atoms with van der Waals surface area (Å²) in [5, 5.41) is 10.2. The number of aromatic nitrogens is 1. The largest absolute Gasteiger partial charge is 0.508 e. The minimum atomic E-state index is -0.593. The minimum absolute atomic E-state index is 0.160. The average molecular weight is 362 g/mol. The van der Waals surface area contributed by atoms with Crippen molar-refractivity contribution in [2.24, 2.45) is 11.5 Å². The molecule has 27 heavy (non-hydrogen) atoms. The highest BCUT2D eigenvalue weighted by Gasteiger charge is 2.21. The van der Waals surface area contributed by atoms with E-state index in [1.165, 1.54) is 0 Å². The van der Waals surface area contributed by atoms with Crippen LogP contribution in [0.5, 0.6) is 5.75 Å².